The second-order valence-corrected chi connectivity index (χ2v) is 2.79. The summed E-state index contributed by atoms with van der Waals surface area (Å²) in [5.41, 5.74) is -0.864. The Kier molecular flexibility index (Phi) is 5.86. The minimum absolute atomic E-state index is 0.260. The van der Waals surface area contributed by atoms with Crippen LogP contribution in [0, 0.1) is 0 Å². The molecule has 0 aliphatic rings. The number of carbonyl (C=O) groups excluding carboxylic acids is 1. The molecule has 0 heterocycles. The molecule has 0 fully saturated rings. The third-order valence-corrected chi connectivity index (χ3v) is 1.77. The van der Waals surface area contributed by atoms with Crippen LogP contribution in [0.15, 0.2) is 23.8 Å². The first-order valence-electron chi connectivity index (χ1n) is 4.27. The number of rotatable bonds is 6. The third-order valence-electron chi connectivity index (χ3n) is 1.77. The zero-order valence-corrected chi connectivity index (χ0v) is 8.46. The average molecular weight is 234 g/mol. The molecule has 0 radical (unpaired) electrons. The van der Waals surface area contributed by atoms with E-state index in [4.69, 9.17) is 15.3 Å². The Morgan fingerprint density at radius 2 is 1.69 bits per heavy atom. The van der Waals surface area contributed by atoms with E-state index in [1.807, 2.05) is 0 Å². The number of hydrogen-bond donors (Lipinski definition) is 5. The van der Waals surface area contributed by atoms with Crippen molar-refractivity contribution in [3.05, 3.63) is 23.8 Å². The predicted molar refractivity (Wildman–Crippen MR) is 51.7 cm³/mol. The molecule has 0 spiro atoms. The molecule has 0 saturated carbocycles. The van der Waals surface area contributed by atoms with Crippen LogP contribution in [0.3, 0.4) is 0 Å². The molecule has 0 amide bonds. The van der Waals surface area contributed by atoms with E-state index in [1.165, 1.54) is 0 Å². The lowest BCUT2D eigenvalue weighted by atomic mass is 10.1. The molecule has 0 saturated heterocycles. The minimum Gasteiger partial charge on any atom is -0.401 e. The zero-order valence-electron chi connectivity index (χ0n) is 8.46. The maximum absolute atomic E-state index is 10.8. The van der Waals surface area contributed by atoms with Gasteiger partial charge in [-0.3, -0.25) is 0 Å². The van der Waals surface area contributed by atoms with Crippen LogP contribution in [0.4, 0.5) is 0 Å². The lowest BCUT2D eigenvalue weighted by Gasteiger charge is -2.24. The van der Waals surface area contributed by atoms with Gasteiger partial charge >= 0.3 is 11.9 Å². The van der Waals surface area contributed by atoms with Gasteiger partial charge in [0, 0.05) is 6.08 Å². The minimum atomic E-state index is -3.10. The van der Waals surface area contributed by atoms with Crippen LogP contribution in [0.25, 0.3) is 0 Å². The van der Waals surface area contributed by atoms with E-state index in [2.05, 4.69) is 11.3 Å². The molecule has 0 aliphatic carbocycles. The molecular formula is C9H14O7. The number of aliphatic hydroxyl groups excluding tert-OH is 3. The van der Waals surface area contributed by atoms with Gasteiger partial charge in [0.05, 0.1) is 25.4 Å². The molecule has 0 unspecified atom stereocenters. The van der Waals surface area contributed by atoms with Crippen LogP contribution >= 0.6 is 0 Å². The standard InChI is InChI=1S/C9H14O7/c1-2-8(13)16-9(14,15)7(5-12)6(3-10)4-11/h2,10-12,14-15H,1,3-5H2. The second-order valence-electron chi connectivity index (χ2n) is 2.79. The molecule has 0 atom stereocenters. The van der Waals surface area contributed by atoms with Crippen molar-refractivity contribution in [3.8, 4) is 0 Å². The van der Waals surface area contributed by atoms with E-state index < -0.39 is 37.3 Å². The number of hydrogen-bond acceptors (Lipinski definition) is 7. The van der Waals surface area contributed by atoms with Crippen molar-refractivity contribution < 1.29 is 35.1 Å². The van der Waals surface area contributed by atoms with E-state index in [0.29, 0.717) is 6.08 Å². The number of esters is 1. The summed E-state index contributed by atoms with van der Waals surface area (Å²) in [7, 11) is 0. The summed E-state index contributed by atoms with van der Waals surface area (Å²) in [5, 5.41) is 45.1. The van der Waals surface area contributed by atoms with E-state index in [9.17, 15) is 15.0 Å². The number of ether oxygens (including phenoxy) is 1. The molecule has 0 bridgehead atoms. The molecule has 0 aliphatic heterocycles. The topological polar surface area (TPSA) is 127 Å². The first-order valence-corrected chi connectivity index (χ1v) is 4.27. The van der Waals surface area contributed by atoms with Gasteiger partial charge in [-0.15, -0.1) is 0 Å². The lowest BCUT2D eigenvalue weighted by Crippen LogP contribution is -2.39. The molecule has 5 N–H and O–H groups in total. The molecule has 0 aromatic carbocycles. The first kappa shape index (κ1) is 14.8. The van der Waals surface area contributed by atoms with Crippen molar-refractivity contribution in [2.75, 3.05) is 19.8 Å². The lowest BCUT2D eigenvalue weighted by molar-refractivity contribution is -0.294. The summed E-state index contributed by atoms with van der Waals surface area (Å²) in [5.74, 6) is -4.23. The molecular weight excluding hydrogens is 220 g/mol. The summed E-state index contributed by atoms with van der Waals surface area (Å²) in [6.45, 7) is 0.690. The molecule has 0 rings (SSSR count). The largest absolute Gasteiger partial charge is 0.401 e. The fourth-order valence-electron chi connectivity index (χ4n) is 0.929. The fourth-order valence-corrected chi connectivity index (χ4v) is 0.929. The number of carbonyl (C=O) groups is 1. The van der Waals surface area contributed by atoms with Gasteiger partial charge in [-0.05, 0) is 5.57 Å². The second kappa shape index (κ2) is 6.36. The molecule has 0 aromatic rings. The van der Waals surface area contributed by atoms with Crippen molar-refractivity contribution in [2.24, 2.45) is 0 Å². The van der Waals surface area contributed by atoms with Gasteiger partial charge in [0.15, 0.2) is 0 Å². The van der Waals surface area contributed by atoms with Gasteiger partial charge in [0.2, 0.25) is 0 Å². The summed E-state index contributed by atoms with van der Waals surface area (Å²) in [6, 6.07) is 0. The van der Waals surface area contributed by atoms with Crippen molar-refractivity contribution in [1.82, 2.24) is 0 Å². The van der Waals surface area contributed by atoms with Crippen LogP contribution < -0.4 is 0 Å². The highest BCUT2D eigenvalue weighted by Crippen LogP contribution is 2.19. The highest BCUT2D eigenvalue weighted by atomic mass is 16.8. The molecule has 7 heteroatoms. The van der Waals surface area contributed by atoms with E-state index in [-0.39, 0.29) is 5.57 Å². The SMILES string of the molecule is C=CC(=O)OC(O)(O)C(CO)=C(CO)CO. The summed E-state index contributed by atoms with van der Waals surface area (Å²) >= 11 is 0. The molecule has 0 aromatic heterocycles. The Hall–Kier alpha value is -1.25. The van der Waals surface area contributed by atoms with Gasteiger partial charge in [-0.1, -0.05) is 6.58 Å². The molecule has 16 heavy (non-hydrogen) atoms. The van der Waals surface area contributed by atoms with Crippen LogP contribution in [0.5, 0.6) is 0 Å². The predicted octanol–water partition coefficient (Wildman–Crippen LogP) is -2.37. The fraction of sp³-hybridized carbons (Fsp3) is 0.444. The quantitative estimate of drug-likeness (QED) is 0.150. The maximum atomic E-state index is 10.8. The van der Waals surface area contributed by atoms with Gasteiger partial charge in [-0.2, -0.15) is 0 Å². The molecule has 7 nitrogen and oxygen atoms in total. The van der Waals surface area contributed by atoms with Gasteiger partial charge < -0.3 is 30.3 Å². The van der Waals surface area contributed by atoms with E-state index >= 15 is 0 Å². The van der Waals surface area contributed by atoms with Crippen molar-refractivity contribution in [3.63, 3.8) is 0 Å². The van der Waals surface area contributed by atoms with Crippen LogP contribution in [0.2, 0.25) is 0 Å². The first-order chi connectivity index (χ1) is 7.42. The summed E-state index contributed by atoms with van der Waals surface area (Å²) < 4.78 is 4.14. The van der Waals surface area contributed by atoms with Crippen LogP contribution in [-0.2, 0) is 9.53 Å². The summed E-state index contributed by atoms with van der Waals surface area (Å²) in [6.07, 6.45) is 0.688. The Labute approximate surface area is 91.5 Å². The highest BCUT2D eigenvalue weighted by molar-refractivity contribution is 5.81. The van der Waals surface area contributed by atoms with Gasteiger partial charge in [0.1, 0.15) is 0 Å². The average Bonchev–Trinajstić information content (AvgIpc) is 2.24. The number of aliphatic hydroxyl groups is 5. The van der Waals surface area contributed by atoms with E-state index in [0.717, 1.165) is 0 Å². The van der Waals surface area contributed by atoms with Crippen molar-refractivity contribution in [1.29, 1.82) is 0 Å². The Bertz CT molecular complexity index is 286. The highest BCUT2D eigenvalue weighted by Gasteiger charge is 2.34. The normalized spacial score (nSPS) is 10.8. The van der Waals surface area contributed by atoms with Gasteiger partial charge in [-0.25, -0.2) is 4.79 Å². The molecule has 92 valence electrons. The maximum Gasteiger partial charge on any atom is 0.352 e. The smallest absolute Gasteiger partial charge is 0.352 e. The van der Waals surface area contributed by atoms with Crippen molar-refractivity contribution >= 4 is 5.97 Å². The monoisotopic (exact) mass is 234 g/mol. The van der Waals surface area contributed by atoms with Crippen LogP contribution in [0.1, 0.15) is 0 Å². The van der Waals surface area contributed by atoms with E-state index in [1.54, 1.807) is 0 Å². The Balaban J connectivity index is 5.13. The third kappa shape index (κ3) is 3.72. The Morgan fingerprint density at radius 1 is 1.19 bits per heavy atom. The zero-order chi connectivity index (χ0) is 12.8. The van der Waals surface area contributed by atoms with Crippen molar-refractivity contribution in [2.45, 2.75) is 5.97 Å². The van der Waals surface area contributed by atoms with Gasteiger partial charge in [0.25, 0.3) is 0 Å². The Morgan fingerprint density at radius 3 is 2.00 bits per heavy atom. The van der Waals surface area contributed by atoms with Crippen LogP contribution in [-0.4, -0.2) is 57.3 Å². The summed E-state index contributed by atoms with van der Waals surface area (Å²) in [4.78, 5) is 10.8.